The monoisotopic (exact) mass is 304 g/mol. The minimum atomic E-state index is 0.308. The van der Waals surface area contributed by atoms with Crippen LogP contribution in [0.5, 0.6) is 5.75 Å². The summed E-state index contributed by atoms with van der Waals surface area (Å²) < 4.78 is 11.0. The molecule has 21 heavy (non-hydrogen) atoms. The van der Waals surface area contributed by atoms with Gasteiger partial charge in [0.2, 0.25) is 0 Å². The predicted octanol–water partition coefficient (Wildman–Crippen LogP) is 4.31. The van der Waals surface area contributed by atoms with Crippen LogP contribution in [0, 0.1) is 5.92 Å². The van der Waals surface area contributed by atoms with E-state index in [1.54, 1.807) is 7.11 Å². The summed E-state index contributed by atoms with van der Waals surface area (Å²) in [6, 6.07) is 18.3. The smallest absolute Gasteiger partial charge is 0.119 e. The first kappa shape index (κ1) is 15.9. The van der Waals surface area contributed by atoms with Crippen molar-refractivity contribution in [2.24, 2.45) is 5.92 Å². The lowest BCUT2D eigenvalue weighted by Gasteiger charge is -2.15. The zero-order chi connectivity index (χ0) is 14.9. The molecular weight excluding hydrogens is 284 g/mol. The summed E-state index contributed by atoms with van der Waals surface area (Å²) in [6.07, 6.45) is 0.898. The van der Waals surface area contributed by atoms with Crippen LogP contribution < -0.4 is 4.74 Å². The van der Waals surface area contributed by atoms with E-state index in [1.807, 2.05) is 30.3 Å². The van der Waals surface area contributed by atoms with Crippen LogP contribution in [0.4, 0.5) is 0 Å². The van der Waals surface area contributed by atoms with Crippen LogP contribution in [0.2, 0.25) is 0 Å². The second-order valence-corrected chi connectivity index (χ2v) is 5.39. The van der Waals surface area contributed by atoms with Crippen LogP contribution in [-0.4, -0.2) is 19.6 Å². The lowest BCUT2D eigenvalue weighted by Crippen LogP contribution is -2.14. The number of alkyl halides is 1. The topological polar surface area (TPSA) is 18.5 Å². The third kappa shape index (κ3) is 5.41. The molecule has 0 spiro atoms. The first-order valence-electron chi connectivity index (χ1n) is 7.12. The average Bonchev–Trinajstić information content (AvgIpc) is 2.55. The Balaban J connectivity index is 1.82. The summed E-state index contributed by atoms with van der Waals surface area (Å²) in [5.41, 5.74) is 2.41. The van der Waals surface area contributed by atoms with E-state index < -0.39 is 0 Å². The second-order valence-electron chi connectivity index (χ2n) is 5.08. The lowest BCUT2D eigenvalue weighted by atomic mass is 10.0. The molecule has 3 heteroatoms. The fraction of sp³-hybridized carbons (Fsp3) is 0.333. The van der Waals surface area contributed by atoms with Crippen molar-refractivity contribution in [1.29, 1.82) is 0 Å². The first-order chi connectivity index (χ1) is 10.3. The van der Waals surface area contributed by atoms with E-state index in [4.69, 9.17) is 21.1 Å². The van der Waals surface area contributed by atoms with Crippen molar-refractivity contribution in [2.45, 2.75) is 13.0 Å². The molecule has 2 nitrogen and oxygen atoms in total. The van der Waals surface area contributed by atoms with Gasteiger partial charge < -0.3 is 9.47 Å². The average molecular weight is 305 g/mol. The molecule has 112 valence electrons. The molecule has 2 rings (SSSR count). The van der Waals surface area contributed by atoms with Gasteiger partial charge in [0.15, 0.2) is 0 Å². The molecule has 0 saturated carbocycles. The van der Waals surface area contributed by atoms with Gasteiger partial charge in [-0.1, -0.05) is 42.5 Å². The SMILES string of the molecule is COc1cccc(CC(CCl)COCc2ccccc2)c1. The number of hydrogen-bond donors (Lipinski definition) is 0. The molecule has 0 aromatic heterocycles. The Bertz CT molecular complexity index is 528. The van der Waals surface area contributed by atoms with Crippen molar-refractivity contribution in [1.82, 2.24) is 0 Å². The van der Waals surface area contributed by atoms with E-state index in [0.717, 1.165) is 12.2 Å². The minimum absolute atomic E-state index is 0.308. The minimum Gasteiger partial charge on any atom is -0.497 e. The zero-order valence-corrected chi connectivity index (χ0v) is 13.1. The summed E-state index contributed by atoms with van der Waals surface area (Å²) in [6.45, 7) is 1.29. The van der Waals surface area contributed by atoms with E-state index >= 15 is 0 Å². The first-order valence-corrected chi connectivity index (χ1v) is 7.66. The maximum Gasteiger partial charge on any atom is 0.119 e. The van der Waals surface area contributed by atoms with Gasteiger partial charge in [0, 0.05) is 5.88 Å². The Hall–Kier alpha value is -1.51. The van der Waals surface area contributed by atoms with E-state index in [0.29, 0.717) is 25.0 Å². The van der Waals surface area contributed by atoms with E-state index in [1.165, 1.54) is 11.1 Å². The maximum absolute atomic E-state index is 6.06. The third-order valence-corrected chi connectivity index (χ3v) is 3.78. The normalized spacial score (nSPS) is 12.1. The molecule has 2 aromatic rings. The van der Waals surface area contributed by atoms with Crippen LogP contribution in [0.1, 0.15) is 11.1 Å². The van der Waals surface area contributed by atoms with Crippen LogP contribution in [0.3, 0.4) is 0 Å². The van der Waals surface area contributed by atoms with Gasteiger partial charge in [0.05, 0.1) is 20.3 Å². The number of halogens is 1. The Labute approximate surface area is 131 Å². The molecule has 2 aromatic carbocycles. The van der Waals surface area contributed by atoms with Crippen molar-refractivity contribution >= 4 is 11.6 Å². The van der Waals surface area contributed by atoms with Crippen LogP contribution in [0.15, 0.2) is 54.6 Å². The molecule has 1 unspecified atom stereocenters. The molecule has 0 fully saturated rings. The maximum atomic E-state index is 6.06. The summed E-state index contributed by atoms with van der Waals surface area (Å²) >= 11 is 6.06. The molecular formula is C18H21ClO2. The molecule has 0 N–H and O–H groups in total. The van der Waals surface area contributed by atoms with Gasteiger partial charge in [-0.25, -0.2) is 0 Å². The van der Waals surface area contributed by atoms with Crippen molar-refractivity contribution < 1.29 is 9.47 Å². The molecule has 0 bridgehead atoms. The standard InChI is InChI=1S/C18H21ClO2/c1-20-18-9-5-8-16(11-18)10-17(12-19)14-21-13-15-6-3-2-4-7-15/h2-9,11,17H,10,12-14H2,1H3. The highest BCUT2D eigenvalue weighted by Crippen LogP contribution is 2.17. The second kappa shape index (κ2) is 8.71. The highest BCUT2D eigenvalue weighted by atomic mass is 35.5. The third-order valence-electron chi connectivity index (χ3n) is 3.34. The zero-order valence-electron chi connectivity index (χ0n) is 12.3. The predicted molar refractivity (Wildman–Crippen MR) is 87.0 cm³/mol. The number of ether oxygens (including phenoxy) is 2. The fourth-order valence-electron chi connectivity index (χ4n) is 2.21. The van der Waals surface area contributed by atoms with Gasteiger partial charge in [-0.15, -0.1) is 11.6 Å². The number of rotatable bonds is 8. The van der Waals surface area contributed by atoms with Crippen LogP contribution >= 0.6 is 11.6 Å². The Morgan fingerprint density at radius 1 is 1.00 bits per heavy atom. The number of hydrogen-bond acceptors (Lipinski definition) is 2. The van der Waals surface area contributed by atoms with Gasteiger partial charge in [-0.3, -0.25) is 0 Å². The van der Waals surface area contributed by atoms with Crippen molar-refractivity contribution in [2.75, 3.05) is 19.6 Å². The van der Waals surface area contributed by atoms with Crippen LogP contribution in [-0.2, 0) is 17.8 Å². The summed E-state index contributed by atoms with van der Waals surface area (Å²) in [4.78, 5) is 0. The van der Waals surface area contributed by atoms with Crippen molar-refractivity contribution in [3.63, 3.8) is 0 Å². The molecule has 1 atom stereocenters. The van der Waals surface area contributed by atoms with E-state index in [-0.39, 0.29) is 0 Å². The Morgan fingerprint density at radius 2 is 1.76 bits per heavy atom. The van der Waals surface area contributed by atoms with Crippen LogP contribution in [0.25, 0.3) is 0 Å². The Kier molecular flexibility index (Phi) is 6.58. The molecule has 0 aliphatic carbocycles. The van der Waals surface area contributed by atoms with Crippen molar-refractivity contribution in [3.8, 4) is 5.75 Å². The molecule has 0 radical (unpaired) electrons. The largest absolute Gasteiger partial charge is 0.497 e. The number of benzene rings is 2. The molecule has 0 saturated heterocycles. The number of methoxy groups -OCH3 is 1. The van der Waals surface area contributed by atoms with Gasteiger partial charge in [0.1, 0.15) is 5.75 Å². The van der Waals surface area contributed by atoms with Gasteiger partial charge >= 0.3 is 0 Å². The summed E-state index contributed by atoms with van der Waals surface area (Å²) in [5.74, 6) is 1.78. The molecule has 0 amide bonds. The molecule has 0 aliphatic heterocycles. The quantitative estimate of drug-likeness (QED) is 0.677. The van der Waals surface area contributed by atoms with Gasteiger partial charge in [-0.2, -0.15) is 0 Å². The fourth-order valence-corrected chi connectivity index (χ4v) is 2.41. The van der Waals surface area contributed by atoms with Gasteiger partial charge in [0.25, 0.3) is 0 Å². The highest BCUT2D eigenvalue weighted by molar-refractivity contribution is 6.18. The van der Waals surface area contributed by atoms with E-state index in [2.05, 4.69) is 24.3 Å². The molecule has 0 aliphatic rings. The summed E-state index contributed by atoms with van der Waals surface area (Å²) in [5, 5.41) is 0. The summed E-state index contributed by atoms with van der Waals surface area (Å²) in [7, 11) is 1.68. The highest BCUT2D eigenvalue weighted by Gasteiger charge is 2.10. The molecule has 0 heterocycles. The van der Waals surface area contributed by atoms with E-state index in [9.17, 15) is 0 Å². The van der Waals surface area contributed by atoms with Crippen molar-refractivity contribution in [3.05, 3.63) is 65.7 Å². The van der Waals surface area contributed by atoms with Gasteiger partial charge in [-0.05, 0) is 35.6 Å². The Morgan fingerprint density at radius 3 is 2.48 bits per heavy atom. The lowest BCUT2D eigenvalue weighted by molar-refractivity contribution is 0.0931.